The average molecular weight is 259 g/mol. The second kappa shape index (κ2) is 4.92. The Labute approximate surface area is 116 Å². The van der Waals surface area contributed by atoms with Gasteiger partial charge >= 0.3 is 0 Å². The molecular formula is C17H25NO. The minimum Gasteiger partial charge on any atom is -0.389 e. The Morgan fingerprint density at radius 2 is 1.74 bits per heavy atom. The van der Waals surface area contributed by atoms with Crippen LogP contribution >= 0.6 is 0 Å². The topological polar surface area (TPSA) is 23.5 Å². The zero-order valence-electron chi connectivity index (χ0n) is 12.1. The van der Waals surface area contributed by atoms with Gasteiger partial charge in [-0.15, -0.1) is 0 Å². The highest BCUT2D eigenvalue weighted by molar-refractivity contribution is 5.32. The fraction of sp³-hybridized carbons (Fsp3) is 0.647. The molecule has 0 heterocycles. The van der Waals surface area contributed by atoms with Crippen LogP contribution in [0.1, 0.15) is 37.8 Å². The maximum absolute atomic E-state index is 10.1. The number of hydrogen-bond acceptors (Lipinski definition) is 2. The van der Waals surface area contributed by atoms with Crippen molar-refractivity contribution in [2.75, 3.05) is 13.1 Å². The molecule has 1 fully saturated rings. The molecule has 0 unspecified atom stereocenters. The highest BCUT2D eigenvalue weighted by Crippen LogP contribution is 2.32. The molecule has 2 aliphatic carbocycles. The Hall–Kier alpha value is -0.860. The summed E-state index contributed by atoms with van der Waals surface area (Å²) in [7, 11) is 0. The summed E-state index contributed by atoms with van der Waals surface area (Å²) in [6.07, 6.45) is 5.06. The first-order chi connectivity index (χ1) is 9.01. The van der Waals surface area contributed by atoms with Crippen molar-refractivity contribution in [3.63, 3.8) is 0 Å². The van der Waals surface area contributed by atoms with Crippen LogP contribution in [0.2, 0.25) is 0 Å². The third kappa shape index (κ3) is 3.37. The van der Waals surface area contributed by atoms with Gasteiger partial charge in [0, 0.05) is 19.1 Å². The van der Waals surface area contributed by atoms with E-state index < -0.39 is 5.60 Å². The van der Waals surface area contributed by atoms with Crippen molar-refractivity contribution >= 4 is 0 Å². The fourth-order valence-corrected chi connectivity index (χ4v) is 3.39. The average Bonchev–Trinajstić information content (AvgIpc) is 3.07. The van der Waals surface area contributed by atoms with Crippen molar-refractivity contribution < 1.29 is 5.11 Å². The zero-order chi connectivity index (χ0) is 13.5. The number of fused-ring (bicyclic) bond motifs is 1. The van der Waals surface area contributed by atoms with Crippen LogP contribution in [-0.4, -0.2) is 34.7 Å². The van der Waals surface area contributed by atoms with Crippen molar-refractivity contribution in [2.45, 2.75) is 51.2 Å². The molecule has 0 atom stereocenters. The monoisotopic (exact) mass is 259 g/mol. The molecule has 0 saturated heterocycles. The van der Waals surface area contributed by atoms with Crippen molar-refractivity contribution in [3.05, 3.63) is 35.4 Å². The van der Waals surface area contributed by atoms with E-state index in [0.717, 1.165) is 25.0 Å². The van der Waals surface area contributed by atoms with Gasteiger partial charge in [0.25, 0.3) is 0 Å². The molecule has 3 rings (SSSR count). The SMILES string of the molecule is CC(C)(O)CN(CC1Cc2ccccc2C1)C1CC1. The molecule has 2 nitrogen and oxygen atoms in total. The number of nitrogens with zero attached hydrogens (tertiary/aromatic N) is 1. The van der Waals surface area contributed by atoms with E-state index in [1.54, 1.807) is 0 Å². The minimum absolute atomic E-state index is 0.575. The predicted molar refractivity (Wildman–Crippen MR) is 78.2 cm³/mol. The number of hydrogen-bond donors (Lipinski definition) is 1. The van der Waals surface area contributed by atoms with Crippen LogP contribution in [0.5, 0.6) is 0 Å². The number of benzene rings is 1. The normalized spacial score (nSPS) is 20.0. The van der Waals surface area contributed by atoms with E-state index in [1.165, 1.54) is 36.8 Å². The molecule has 19 heavy (non-hydrogen) atoms. The summed E-state index contributed by atoms with van der Waals surface area (Å²) in [6, 6.07) is 9.57. The van der Waals surface area contributed by atoms with E-state index in [0.29, 0.717) is 0 Å². The summed E-state index contributed by atoms with van der Waals surface area (Å²) in [5.74, 6) is 0.736. The Bertz CT molecular complexity index is 420. The second-order valence-corrected chi connectivity index (χ2v) is 7.02. The molecule has 2 aliphatic rings. The quantitative estimate of drug-likeness (QED) is 0.878. The standard InChI is InChI=1S/C17H25NO/c1-17(2,19)12-18(16-7-8-16)11-13-9-14-5-3-4-6-15(14)10-13/h3-6,13,16,19H,7-12H2,1-2H3. The molecule has 0 radical (unpaired) electrons. The van der Waals surface area contributed by atoms with E-state index in [9.17, 15) is 5.11 Å². The van der Waals surface area contributed by atoms with Gasteiger partial charge in [0.15, 0.2) is 0 Å². The first kappa shape index (κ1) is 13.1. The summed E-state index contributed by atoms with van der Waals surface area (Å²) in [5, 5.41) is 10.1. The van der Waals surface area contributed by atoms with Gasteiger partial charge in [-0.1, -0.05) is 24.3 Å². The van der Waals surface area contributed by atoms with Crippen LogP contribution in [0, 0.1) is 5.92 Å². The highest BCUT2D eigenvalue weighted by atomic mass is 16.3. The molecule has 104 valence electrons. The van der Waals surface area contributed by atoms with Gasteiger partial charge in [0.2, 0.25) is 0 Å². The molecule has 1 aromatic rings. The first-order valence-electron chi connectivity index (χ1n) is 7.54. The van der Waals surface area contributed by atoms with Gasteiger partial charge in [-0.2, -0.15) is 0 Å². The summed E-state index contributed by atoms with van der Waals surface area (Å²) in [5.41, 5.74) is 2.49. The van der Waals surface area contributed by atoms with Crippen molar-refractivity contribution in [2.24, 2.45) is 5.92 Å². The zero-order valence-corrected chi connectivity index (χ0v) is 12.1. The van der Waals surface area contributed by atoms with E-state index in [1.807, 2.05) is 13.8 Å². The minimum atomic E-state index is -0.575. The molecule has 1 saturated carbocycles. The van der Waals surface area contributed by atoms with Gasteiger partial charge in [-0.05, 0) is 56.6 Å². The summed E-state index contributed by atoms with van der Waals surface area (Å²) in [6.45, 7) is 5.80. The first-order valence-corrected chi connectivity index (χ1v) is 7.54. The Balaban J connectivity index is 1.62. The Morgan fingerprint density at radius 1 is 1.16 bits per heavy atom. The molecule has 0 aliphatic heterocycles. The lowest BCUT2D eigenvalue weighted by Crippen LogP contribution is -2.42. The van der Waals surface area contributed by atoms with Crippen molar-refractivity contribution in [1.82, 2.24) is 4.90 Å². The van der Waals surface area contributed by atoms with Gasteiger partial charge in [-0.25, -0.2) is 0 Å². The van der Waals surface area contributed by atoms with Crippen LogP contribution in [-0.2, 0) is 12.8 Å². The lowest BCUT2D eigenvalue weighted by molar-refractivity contribution is 0.0283. The van der Waals surface area contributed by atoms with Crippen LogP contribution in [0.4, 0.5) is 0 Å². The fourth-order valence-electron chi connectivity index (χ4n) is 3.39. The smallest absolute Gasteiger partial charge is 0.0718 e. The van der Waals surface area contributed by atoms with Crippen molar-refractivity contribution in [3.8, 4) is 0 Å². The molecular weight excluding hydrogens is 234 g/mol. The third-order valence-electron chi connectivity index (χ3n) is 4.28. The van der Waals surface area contributed by atoms with Gasteiger partial charge in [-0.3, -0.25) is 4.90 Å². The van der Waals surface area contributed by atoms with E-state index in [-0.39, 0.29) is 0 Å². The van der Waals surface area contributed by atoms with Gasteiger partial charge in [0.1, 0.15) is 0 Å². The van der Waals surface area contributed by atoms with E-state index in [4.69, 9.17) is 0 Å². The van der Waals surface area contributed by atoms with Crippen molar-refractivity contribution in [1.29, 1.82) is 0 Å². The van der Waals surface area contributed by atoms with Gasteiger partial charge in [0.05, 0.1) is 5.60 Å². The van der Waals surface area contributed by atoms with Crippen LogP contribution in [0.25, 0.3) is 0 Å². The third-order valence-corrected chi connectivity index (χ3v) is 4.28. The van der Waals surface area contributed by atoms with E-state index >= 15 is 0 Å². The molecule has 0 aromatic heterocycles. The molecule has 1 aromatic carbocycles. The Morgan fingerprint density at radius 3 is 2.21 bits per heavy atom. The lowest BCUT2D eigenvalue weighted by atomic mass is 10.0. The maximum atomic E-state index is 10.1. The highest BCUT2D eigenvalue weighted by Gasteiger charge is 2.34. The molecule has 0 spiro atoms. The maximum Gasteiger partial charge on any atom is 0.0718 e. The summed E-state index contributed by atoms with van der Waals surface area (Å²) in [4.78, 5) is 2.52. The predicted octanol–water partition coefficient (Wildman–Crippen LogP) is 2.64. The number of aliphatic hydroxyl groups is 1. The van der Waals surface area contributed by atoms with Crippen LogP contribution < -0.4 is 0 Å². The molecule has 0 amide bonds. The summed E-state index contributed by atoms with van der Waals surface area (Å²) >= 11 is 0. The molecule has 1 N–H and O–H groups in total. The Kier molecular flexibility index (Phi) is 3.40. The van der Waals surface area contributed by atoms with Crippen LogP contribution in [0.15, 0.2) is 24.3 Å². The lowest BCUT2D eigenvalue weighted by Gasteiger charge is -2.31. The van der Waals surface area contributed by atoms with E-state index in [2.05, 4.69) is 29.2 Å². The number of rotatable bonds is 5. The molecule has 2 heteroatoms. The summed E-state index contributed by atoms with van der Waals surface area (Å²) < 4.78 is 0. The molecule has 0 bridgehead atoms. The van der Waals surface area contributed by atoms with Crippen LogP contribution in [0.3, 0.4) is 0 Å². The van der Waals surface area contributed by atoms with Gasteiger partial charge < -0.3 is 5.11 Å². The second-order valence-electron chi connectivity index (χ2n) is 7.02. The largest absolute Gasteiger partial charge is 0.389 e.